The number of phosphoric acid groups is 1. The highest BCUT2D eigenvalue weighted by atomic mass is 31.2. The van der Waals surface area contributed by atoms with Gasteiger partial charge >= 0.3 is 25.7 Å². The highest BCUT2D eigenvalue weighted by molar-refractivity contribution is 7.47. The van der Waals surface area contributed by atoms with E-state index in [4.69, 9.17) is 24.8 Å². The molecule has 0 aliphatic carbocycles. The van der Waals surface area contributed by atoms with Crippen LogP contribution in [-0.2, 0) is 37.5 Å². The fraction of sp³-hybridized carbons (Fsp3) is 0.930. The minimum atomic E-state index is -4.71. The molecule has 0 spiro atoms. The Labute approximate surface area is 335 Å². The average molecular weight is 806 g/mol. The first-order chi connectivity index (χ1) is 26.6. The van der Waals surface area contributed by atoms with Crippen LogP contribution in [0.15, 0.2) is 0 Å². The molecule has 0 radical (unpaired) electrons. The van der Waals surface area contributed by atoms with Gasteiger partial charge in [0.25, 0.3) is 0 Å². The summed E-state index contributed by atoms with van der Waals surface area (Å²) in [4.78, 5) is 45.9. The third kappa shape index (κ3) is 39.1. The van der Waals surface area contributed by atoms with E-state index in [0.717, 1.165) is 38.5 Å². The van der Waals surface area contributed by atoms with Gasteiger partial charge in [0, 0.05) is 12.8 Å². The molecule has 12 heteroatoms. The summed E-state index contributed by atoms with van der Waals surface area (Å²) in [5.74, 6) is -2.36. The summed E-state index contributed by atoms with van der Waals surface area (Å²) in [6.45, 7) is 2.83. The molecule has 326 valence electrons. The van der Waals surface area contributed by atoms with Crippen molar-refractivity contribution in [2.75, 3.05) is 19.8 Å². The van der Waals surface area contributed by atoms with Crippen LogP contribution in [-0.4, -0.2) is 59.9 Å². The summed E-state index contributed by atoms with van der Waals surface area (Å²) in [6.07, 6.45) is 37.4. The van der Waals surface area contributed by atoms with E-state index in [1.165, 1.54) is 148 Å². The number of rotatable bonds is 43. The highest BCUT2D eigenvalue weighted by Gasteiger charge is 2.28. The van der Waals surface area contributed by atoms with Gasteiger partial charge in [-0.15, -0.1) is 0 Å². The SMILES string of the molecule is CCCCCCCCCCCCCCCCCCCCCC(=O)OC[C@@H](COP(=O)(O)OC[C@@H](N)C(=O)O)OC(=O)CCCCCCCCCCCCCC. The van der Waals surface area contributed by atoms with Crippen LogP contribution in [0.5, 0.6) is 0 Å². The van der Waals surface area contributed by atoms with Gasteiger partial charge in [0.15, 0.2) is 6.10 Å². The summed E-state index contributed by atoms with van der Waals surface area (Å²) >= 11 is 0. The van der Waals surface area contributed by atoms with Gasteiger partial charge < -0.3 is 25.2 Å². The Hall–Kier alpha value is -1.52. The maximum Gasteiger partial charge on any atom is 0.472 e. The number of carboxylic acids is 1. The van der Waals surface area contributed by atoms with Crippen LogP contribution in [0, 0.1) is 0 Å². The number of nitrogens with two attached hydrogens (primary N) is 1. The smallest absolute Gasteiger partial charge is 0.472 e. The van der Waals surface area contributed by atoms with Crippen molar-refractivity contribution in [3.63, 3.8) is 0 Å². The Balaban J connectivity index is 4.24. The first kappa shape index (κ1) is 53.5. The molecule has 0 heterocycles. The van der Waals surface area contributed by atoms with E-state index in [2.05, 4.69) is 18.4 Å². The third-order valence-electron chi connectivity index (χ3n) is 10.1. The van der Waals surface area contributed by atoms with Crippen molar-refractivity contribution in [1.82, 2.24) is 0 Å². The number of hydrogen-bond acceptors (Lipinski definition) is 9. The lowest BCUT2D eigenvalue weighted by atomic mass is 10.0. The Kier molecular flexibility index (Phi) is 38.2. The Morgan fingerprint density at radius 3 is 1.15 bits per heavy atom. The molecule has 0 bridgehead atoms. The molecule has 0 aromatic rings. The van der Waals surface area contributed by atoms with E-state index >= 15 is 0 Å². The summed E-state index contributed by atoms with van der Waals surface area (Å²) in [5.41, 5.74) is 5.33. The van der Waals surface area contributed by atoms with Crippen LogP contribution in [0.4, 0.5) is 0 Å². The van der Waals surface area contributed by atoms with E-state index in [-0.39, 0.29) is 19.4 Å². The van der Waals surface area contributed by atoms with Gasteiger partial charge in [-0.1, -0.05) is 200 Å². The number of hydrogen-bond donors (Lipinski definition) is 3. The quantitative estimate of drug-likeness (QED) is 0.0304. The number of unbranched alkanes of at least 4 members (excludes halogenated alkanes) is 29. The minimum absolute atomic E-state index is 0.169. The normalized spacial score (nSPS) is 13.7. The average Bonchev–Trinajstić information content (AvgIpc) is 3.16. The standard InChI is InChI=1S/C43H84NO10P/c1-3-5-7-9-11-13-15-17-18-19-20-21-22-23-25-26-28-30-32-34-41(45)51-36-39(37-52-55(49,50)53-38-40(44)43(47)48)54-42(46)35-33-31-29-27-24-16-14-12-10-8-6-4-2/h39-40H,3-38,44H2,1-2H3,(H,47,48)(H,49,50)/t39-,40+/m0/s1. The molecule has 0 amide bonds. The van der Waals surface area contributed by atoms with Gasteiger partial charge in [0.2, 0.25) is 0 Å². The van der Waals surface area contributed by atoms with Crippen LogP contribution in [0.3, 0.4) is 0 Å². The van der Waals surface area contributed by atoms with Crippen LogP contribution in [0.2, 0.25) is 0 Å². The summed E-state index contributed by atoms with van der Waals surface area (Å²) in [5, 5.41) is 8.88. The highest BCUT2D eigenvalue weighted by Crippen LogP contribution is 2.43. The molecule has 3 atom stereocenters. The minimum Gasteiger partial charge on any atom is -0.480 e. The van der Waals surface area contributed by atoms with Gasteiger partial charge in [0.1, 0.15) is 12.6 Å². The molecule has 0 aliphatic heterocycles. The number of carboxylic acid groups (broad SMARTS) is 1. The van der Waals surface area contributed by atoms with Crippen LogP contribution >= 0.6 is 7.82 Å². The molecule has 4 N–H and O–H groups in total. The van der Waals surface area contributed by atoms with Gasteiger partial charge in [-0.2, -0.15) is 0 Å². The van der Waals surface area contributed by atoms with E-state index in [9.17, 15) is 23.8 Å². The van der Waals surface area contributed by atoms with E-state index < -0.39 is 51.1 Å². The number of phosphoric ester groups is 1. The van der Waals surface area contributed by atoms with E-state index in [1.807, 2.05) is 0 Å². The van der Waals surface area contributed by atoms with Crippen molar-refractivity contribution in [2.45, 2.75) is 238 Å². The van der Waals surface area contributed by atoms with Gasteiger partial charge in [-0.05, 0) is 12.8 Å². The maximum atomic E-state index is 12.6. The second-order valence-electron chi connectivity index (χ2n) is 15.6. The lowest BCUT2D eigenvalue weighted by Gasteiger charge is -2.20. The molecule has 0 aliphatic rings. The zero-order chi connectivity index (χ0) is 40.7. The lowest BCUT2D eigenvalue weighted by Crippen LogP contribution is -2.34. The van der Waals surface area contributed by atoms with Crippen LogP contribution < -0.4 is 5.73 Å². The molecule has 1 unspecified atom stereocenters. The molecular weight excluding hydrogens is 721 g/mol. The third-order valence-corrected chi connectivity index (χ3v) is 11.1. The zero-order valence-corrected chi connectivity index (χ0v) is 36.2. The lowest BCUT2D eigenvalue weighted by molar-refractivity contribution is -0.161. The van der Waals surface area contributed by atoms with E-state index in [1.54, 1.807) is 0 Å². The molecular formula is C43H84NO10P. The van der Waals surface area contributed by atoms with Crippen molar-refractivity contribution in [3.8, 4) is 0 Å². The number of carbonyl (C=O) groups excluding carboxylic acids is 2. The topological polar surface area (TPSA) is 172 Å². The maximum absolute atomic E-state index is 12.6. The Morgan fingerprint density at radius 1 is 0.491 bits per heavy atom. The monoisotopic (exact) mass is 806 g/mol. The van der Waals surface area contributed by atoms with Crippen molar-refractivity contribution in [2.24, 2.45) is 5.73 Å². The van der Waals surface area contributed by atoms with Crippen molar-refractivity contribution in [1.29, 1.82) is 0 Å². The van der Waals surface area contributed by atoms with Crippen LogP contribution in [0.25, 0.3) is 0 Å². The molecule has 0 aromatic heterocycles. The molecule has 0 saturated carbocycles. The van der Waals surface area contributed by atoms with Gasteiger partial charge in [-0.25, -0.2) is 4.57 Å². The van der Waals surface area contributed by atoms with Gasteiger partial charge in [0.05, 0.1) is 13.2 Å². The number of ether oxygens (including phenoxy) is 2. The van der Waals surface area contributed by atoms with Crippen molar-refractivity contribution in [3.05, 3.63) is 0 Å². The second-order valence-corrected chi connectivity index (χ2v) is 17.0. The van der Waals surface area contributed by atoms with Crippen molar-refractivity contribution >= 4 is 25.7 Å². The number of carbonyl (C=O) groups is 3. The summed E-state index contributed by atoms with van der Waals surface area (Å²) in [7, 11) is -4.71. The first-order valence-electron chi connectivity index (χ1n) is 22.6. The molecule has 0 rings (SSSR count). The molecule has 11 nitrogen and oxygen atoms in total. The van der Waals surface area contributed by atoms with Crippen LogP contribution in [0.1, 0.15) is 226 Å². The van der Waals surface area contributed by atoms with Crippen molar-refractivity contribution < 1.29 is 47.5 Å². The molecule has 0 aromatic carbocycles. The number of esters is 2. The fourth-order valence-electron chi connectivity index (χ4n) is 6.54. The molecule has 55 heavy (non-hydrogen) atoms. The number of aliphatic carboxylic acids is 1. The van der Waals surface area contributed by atoms with Gasteiger partial charge in [-0.3, -0.25) is 23.4 Å². The Morgan fingerprint density at radius 2 is 0.800 bits per heavy atom. The predicted octanol–water partition coefficient (Wildman–Crippen LogP) is 11.9. The largest absolute Gasteiger partial charge is 0.480 e. The molecule has 0 saturated heterocycles. The summed E-state index contributed by atoms with van der Waals surface area (Å²) < 4.78 is 32.7. The summed E-state index contributed by atoms with van der Waals surface area (Å²) in [6, 6.07) is -1.52. The first-order valence-corrected chi connectivity index (χ1v) is 24.1. The Bertz CT molecular complexity index is 952. The van der Waals surface area contributed by atoms with E-state index in [0.29, 0.717) is 12.8 Å². The fourth-order valence-corrected chi connectivity index (χ4v) is 7.32. The second kappa shape index (κ2) is 39.3. The zero-order valence-electron chi connectivity index (χ0n) is 35.3. The molecule has 0 fully saturated rings. The predicted molar refractivity (Wildman–Crippen MR) is 222 cm³/mol.